The molecule has 0 saturated heterocycles. The normalized spacial score (nSPS) is 30.5. The number of rotatable bonds is 3. The van der Waals surface area contributed by atoms with Crippen molar-refractivity contribution in [2.75, 3.05) is 0 Å². The minimum Gasteiger partial charge on any atom is -0.349 e. The molecule has 2 bridgehead atoms. The summed E-state index contributed by atoms with van der Waals surface area (Å²) in [6.07, 6.45) is 6.75. The van der Waals surface area contributed by atoms with Crippen LogP contribution in [0.15, 0.2) is 36.9 Å². The van der Waals surface area contributed by atoms with Gasteiger partial charge in [-0.2, -0.15) is 5.10 Å². The van der Waals surface area contributed by atoms with E-state index in [0.29, 0.717) is 11.0 Å². The SMILES string of the molecule is CC1(C)C2CCC1(C)C(NC(=O)c1ccc(-n3cncn3)cc1)C2. The van der Waals surface area contributed by atoms with E-state index in [2.05, 4.69) is 36.2 Å². The summed E-state index contributed by atoms with van der Waals surface area (Å²) in [7, 11) is 0. The second-order valence-corrected chi connectivity index (χ2v) is 8.02. The molecule has 1 amide bonds. The van der Waals surface area contributed by atoms with Crippen molar-refractivity contribution < 1.29 is 4.79 Å². The van der Waals surface area contributed by atoms with Crippen molar-refractivity contribution in [1.82, 2.24) is 20.1 Å². The van der Waals surface area contributed by atoms with Crippen LogP contribution in [0.1, 0.15) is 50.4 Å². The lowest BCUT2D eigenvalue weighted by atomic mass is 9.69. The second-order valence-electron chi connectivity index (χ2n) is 8.02. The maximum atomic E-state index is 12.7. The van der Waals surface area contributed by atoms with Crippen molar-refractivity contribution in [3.05, 3.63) is 42.5 Å². The molecule has 5 nitrogen and oxygen atoms in total. The lowest BCUT2D eigenvalue weighted by molar-refractivity contribution is 0.0826. The molecular weight excluding hydrogens is 300 g/mol. The van der Waals surface area contributed by atoms with Crippen LogP contribution in [0, 0.1) is 16.7 Å². The topological polar surface area (TPSA) is 59.8 Å². The number of fused-ring (bicyclic) bond motifs is 2. The number of carbonyl (C=O) groups is 1. The minimum absolute atomic E-state index is 0.0229. The van der Waals surface area contributed by atoms with Gasteiger partial charge in [-0.15, -0.1) is 0 Å². The van der Waals surface area contributed by atoms with Gasteiger partial charge >= 0.3 is 0 Å². The van der Waals surface area contributed by atoms with E-state index in [1.165, 1.54) is 19.2 Å². The van der Waals surface area contributed by atoms with Crippen LogP contribution in [0.25, 0.3) is 5.69 Å². The fraction of sp³-hybridized carbons (Fsp3) is 0.526. The van der Waals surface area contributed by atoms with Gasteiger partial charge in [0.15, 0.2) is 0 Å². The minimum atomic E-state index is 0.0229. The van der Waals surface area contributed by atoms with Crippen molar-refractivity contribution in [2.45, 2.75) is 46.1 Å². The standard InChI is InChI=1S/C19H24N4O/c1-18(2)14-8-9-19(18,3)16(10-14)22-17(24)13-4-6-15(7-5-13)23-12-20-11-21-23/h4-7,11-12,14,16H,8-10H2,1-3H3,(H,22,24). The number of nitrogens with one attached hydrogen (secondary N) is 1. The van der Waals surface area contributed by atoms with Gasteiger partial charge in [-0.25, -0.2) is 9.67 Å². The molecule has 2 fully saturated rings. The Morgan fingerprint density at radius 1 is 1.25 bits per heavy atom. The molecule has 24 heavy (non-hydrogen) atoms. The van der Waals surface area contributed by atoms with Gasteiger partial charge in [0.2, 0.25) is 0 Å². The Kier molecular flexibility index (Phi) is 3.31. The van der Waals surface area contributed by atoms with Crippen LogP contribution in [-0.4, -0.2) is 26.7 Å². The summed E-state index contributed by atoms with van der Waals surface area (Å²) in [6.45, 7) is 7.08. The molecule has 2 aliphatic rings. The Morgan fingerprint density at radius 2 is 2.00 bits per heavy atom. The van der Waals surface area contributed by atoms with Gasteiger partial charge in [-0.05, 0) is 60.3 Å². The van der Waals surface area contributed by atoms with Gasteiger partial charge in [0.25, 0.3) is 5.91 Å². The average Bonchev–Trinajstić information content (AvgIpc) is 3.22. The zero-order chi connectivity index (χ0) is 16.9. The lowest BCUT2D eigenvalue weighted by Gasteiger charge is -2.39. The molecule has 0 spiro atoms. The fourth-order valence-corrected chi connectivity index (χ4v) is 4.77. The zero-order valence-corrected chi connectivity index (χ0v) is 14.5. The molecule has 2 aliphatic carbocycles. The van der Waals surface area contributed by atoms with Gasteiger partial charge in [-0.3, -0.25) is 4.79 Å². The Labute approximate surface area is 142 Å². The van der Waals surface area contributed by atoms with Crippen molar-refractivity contribution >= 4 is 5.91 Å². The van der Waals surface area contributed by atoms with Crippen molar-refractivity contribution in [3.8, 4) is 5.69 Å². The first kappa shape index (κ1) is 15.4. The summed E-state index contributed by atoms with van der Waals surface area (Å²) in [4.78, 5) is 16.6. The third-order valence-electron chi connectivity index (χ3n) is 6.91. The number of hydrogen-bond acceptors (Lipinski definition) is 3. The molecule has 3 atom stereocenters. The maximum Gasteiger partial charge on any atom is 0.251 e. The Hall–Kier alpha value is -2.17. The van der Waals surface area contributed by atoms with Crippen LogP contribution in [-0.2, 0) is 0 Å². The van der Waals surface area contributed by atoms with E-state index in [0.717, 1.165) is 18.0 Å². The molecule has 2 saturated carbocycles. The quantitative estimate of drug-likeness (QED) is 0.943. The van der Waals surface area contributed by atoms with Crippen LogP contribution in [0.4, 0.5) is 0 Å². The Balaban J connectivity index is 1.49. The summed E-state index contributed by atoms with van der Waals surface area (Å²) in [6, 6.07) is 7.78. The molecule has 0 radical (unpaired) electrons. The first-order valence-corrected chi connectivity index (χ1v) is 8.68. The van der Waals surface area contributed by atoms with Gasteiger partial charge in [0.1, 0.15) is 12.7 Å². The summed E-state index contributed by atoms with van der Waals surface area (Å²) >= 11 is 0. The van der Waals surface area contributed by atoms with E-state index in [1.807, 2.05) is 24.3 Å². The number of hydrogen-bond donors (Lipinski definition) is 1. The highest BCUT2D eigenvalue weighted by atomic mass is 16.1. The van der Waals surface area contributed by atoms with Crippen LogP contribution >= 0.6 is 0 Å². The molecule has 4 rings (SSSR count). The largest absolute Gasteiger partial charge is 0.349 e. The van der Waals surface area contributed by atoms with Crippen LogP contribution < -0.4 is 5.32 Å². The first-order valence-electron chi connectivity index (χ1n) is 8.68. The average molecular weight is 324 g/mol. The van der Waals surface area contributed by atoms with E-state index >= 15 is 0 Å². The van der Waals surface area contributed by atoms with Crippen LogP contribution in [0.3, 0.4) is 0 Å². The van der Waals surface area contributed by atoms with E-state index in [1.54, 1.807) is 11.0 Å². The molecule has 5 heteroatoms. The molecule has 1 N–H and O–H groups in total. The summed E-state index contributed by atoms with van der Waals surface area (Å²) in [5, 5.41) is 7.40. The molecular formula is C19H24N4O. The Bertz CT molecular complexity index is 750. The highest BCUT2D eigenvalue weighted by Gasteiger charge is 2.61. The third-order valence-corrected chi connectivity index (χ3v) is 6.91. The Morgan fingerprint density at radius 3 is 2.54 bits per heavy atom. The molecule has 126 valence electrons. The molecule has 2 aromatic rings. The number of aromatic nitrogens is 3. The van der Waals surface area contributed by atoms with E-state index in [9.17, 15) is 4.79 Å². The molecule has 1 heterocycles. The van der Waals surface area contributed by atoms with Crippen molar-refractivity contribution in [3.63, 3.8) is 0 Å². The lowest BCUT2D eigenvalue weighted by Crippen LogP contribution is -2.46. The van der Waals surface area contributed by atoms with E-state index in [-0.39, 0.29) is 17.4 Å². The molecule has 1 aromatic carbocycles. The number of nitrogens with zero attached hydrogens (tertiary/aromatic N) is 3. The monoisotopic (exact) mass is 324 g/mol. The van der Waals surface area contributed by atoms with Gasteiger partial charge in [0, 0.05) is 11.6 Å². The smallest absolute Gasteiger partial charge is 0.251 e. The third kappa shape index (κ3) is 2.10. The predicted molar refractivity (Wildman–Crippen MR) is 91.8 cm³/mol. The molecule has 1 aromatic heterocycles. The second kappa shape index (κ2) is 5.16. The first-order chi connectivity index (χ1) is 11.4. The number of benzene rings is 1. The molecule has 3 unspecified atom stereocenters. The van der Waals surface area contributed by atoms with Crippen molar-refractivity contribution in [2.24, 2.45) is 16.7 Å². The van der Waals surface area contributed by atoms with Gasteiger partial charge in [-0.1, -0.05) is 20.8 Å². The predicted octanol–water partition coefficient (Wildman–Crippen LogP) is 3.21. The highest BCUT2D eigenvalue weighted by Crippen LogP contribution is 2.65. The number of amides is 1. The van der Waals surface area contributed by atoms with E-state index < -0.39 is 0 Å². The van der Waals surface area contributed by atoms with Crippen LogP contribution in [0.2, 0.25) is 0 Å². The number of carbonyl (C=O) groups excluding carboxylic acids is 1. The van der Waals surface area contributed by atoms with Crippen LogP contribution in [0.5, 0.6) is 0 Å². The summed E-state index contributed by atoms with van der Waals surface area (Å²) < 4.78 is 1.68. The highest BCUT2D eigenvalue weighted by molar-refractivity contribution is 5.94. The summed E-state index contributed by atoms with van der Waals surface area (Å²) in [5.41, 5.74) is 2.11. The van der Waals surface area contributed by atoms with Gasteiger partial charge in [0.05, 0.1) is 5.69 Å². The maximum absolute atomic E-state index is 12.7. The zero-order valence-electron chi connectivity index (χ0n) is 14.5. The molecule has 0 aliphatic heterocycles. The summed E-state index contributed by atoms with van der Waals surface area (Å²) in [5.74, 6) is 0.747. The van der Waals surface area contributed by atoms with Crippen molar-refractivity contribution in [1.29, 1.82) is 0 Å². The van der Waals surface area contributed by atoms with Gasteiger partial charge < -0.3 is 5.32 Å². The fourth-order valence-electron chi connectivity index (χ4n) is 4.77. The van der Waals surface area contributed by atoms with E-state index in [4.69, 9.17) is 0 Å².